The fourth-order valence-corrected chi connectivity index (χ4v) is 3.16. The maximum Gasteiger partial charge on any atom is 0.303 e. The maximum atomic E-state index is 12.7. The van der Waals surface area contributed by atoms with E-state index < -0.39 is 5.97 Å². The molecule has 1 atom stereocenters. The summed E-state index contributed by atoms with van der Waals surface area (Å²) in [5.74, 6) is -0.329. The lowest BCUT2D eigenvalue weighted by molar-refractivity contribution is -0.137. The van der Waals surface area contributed by atoms with Crippen LogP contribution in [0.4, 0.5) is 0 Å². The average molecular weight is 366 g/mol. The molecular weight excluding hydrogens is 344 g/mol. The van der Waals surface area contributed by atoms with E-state index in [4.69, 9.17) is 9.84 Å². The van der Waals surface area contributed by atoms with E-state index in [1.807, 2.05) is 54.6 Å². The summed E-state index contributed by atoms with van der Waals surface area (Å²) in [7, 11) is 1.61. The summed E-state index contributed by atoms with van der Waals surface area (Å²) in [6, 6.07) is 17.2. The number of amides is 1. The Kier molecular flexibility index (Phi) is 5.86. The van der Waals surface area contributed by atoms with Gasteiger partial charge in [0.15, 0.2) is 0 Å². The fourth-order valence-electron chi connectivity index (χ4n) is 3.16. The van der Waals surface area contributed by atoms with E-state index in [2.05, 4.69) is 5.10 Å². The molecule has 3 rings (SSSR count). The first-order valence-electron chi connectivity index (χ1n) is 8.89. The molecule has 27 heavy (non-hydrogen) atoms. The Bertz CT molecular complexity index is 848. The van der Waals surface area contributed by atoms with Gasteiger partial charge in [0.2, 0.25) is 5.91 Å². The van der Waals surface area contributed by atoms with Crippen LogP contribution in [0.1, 0.15) is 42.9 Å². The number of hydrogen-bond donors (Lipinski definition) is 1. The van der Waals surface area contributed by atoms with E-state index in [-0.39, 0.29) is 24.8 Å². The summed E-state index contributed by atoms with van der Waals surface area (Å²) in [6.45, 7) is 0. The van der Waals surface area contributed by atoms with Crippen LogP contribution in [-0.2, 0) is 9.59 Å². The second-order valence-electron chi connectivity index (χ2n) is 6.39. The van der Waals surface area contributed by atoms with Gasteiger partial charge in [-0.25, -0.2) is 5.01 Å². The Labute approximate surface area is 158 Å². The van der Waals surface area contributed by atoms with Gasteiger partial charge in [-0.05, 0) is 24.1 Å². The summed E-state index contributed by atoms with van der Waals surface area (Å²) in [5, 5.41) is 14.9. The van der Waals surface area contributed by atoms with Crippen molar-refractivity contribution in [2.45, 2.75) is 31.7 Å². The molecule has 1 aliphatic rings. The largest absolute Gasteiger partial charge is 0.497 e. The number of benzene rings is 2. The van der Waals surface area contributed by atoms with Gasteiger partial charge in [-0.1, -0.05) is 42.5 Å². The fraction of sp³-hybridized carbons (Fsp3) is 0.286. The molecule has 2 aromatic rings. The van der Waals surface area contributed by atoms with Crippen LogP contribution >= 0.6 is 0 Å². The van der Waals surface area contributed by atoms with Gasteiger partial charge in [0.05, 0.1) is 18.9 Å². The lowest BCUT2D eigenvalue weighted by atomic mass is 9.98. The number of carboxylic acid groups (broad SMARTS) is 1. The Morgan fingerprint density at radius 2 is 1.93 bits per heavy atom. The Balaban J connectivity index is 1.85. The van der Waals surface area contributed by atoms with Crippen molar-refractivity contribution >= 4 is 17.6 Å². The molecule has 0 bridgehead atoms. The van der Waals surface area contributed by atoms with E-state index in [9.17, 15) is 9.59 Å². The first kappa shape index (κ1) is 18.6. The average Bonchev–Trinajstić information content (AvgIpc) is 3.14. The van der Waals surface area contributed by atoms with Crippen LogP contribution in [0.15, 0.2) is 59.7 Å². The third-order valence-corrected chi connectivity index (χ3v) is 4.53. The van der Waals surface area contributed by atoms with Crippen LogP contribution in [-0.4, -0.2) is 34.8 Å². The lowest BCUT2D eigenvalue weighted by Crippen LogP contribution is -2.26. The number of rotatable bonds is 7. The Morgan fingerprint density at radius 3 is 2.63 bits per heavy atom. The van der Waals surface area contributed by atoms with Crippen molar-refractivity contribution in [1.82, 2.24) is 5.01 Å². The number of ether oxygens (including phenoxy) is 1. The Hall–Kier alpha value is -3.15. The topological polar surface area (TPSA) is 79.2 Å². The van der Waals surface area contributed by atoms with Crippen LogP contribution in [0.25, 0.3) is 0 Å². The highest BCUT2D eigenvalue weighted by Crippen LogP contribution is 2.33. The molecule has 0 aromatic heterocycles. The number of carbonyl (C=O) groups excluding carboxylic acids is 1. The third-order valence-electron chi connectivity index (χ3n) is 4.53. The molecule has 1 heterocycles. The van der Waals surface area contributed by atoms with Gasteiger partial charge in [0, 0.05) is 24.8 Å². The summed E-state index contributed by atoms with van der Waals surface area (Å²) < 4.78 is 5.28. The van der Waals surface area contributed by atoms with Crippen molar-refractivity contribution in [2.75, 3.05) is 7.11 Å². The van der Waals surface area contributed by atoms with E-state index in [1.165, 1.54) is 5.01 Å². The van der Waals surface area contributed by atoms with Crippen molar-refractivity contribution in [2.24, 2.45) is 5.10 Å². The summed E-state index contributed by atoms with van der Waals surface area (Å²) in [4.78, 5) is 23.4. The van der Waals surface area contributed by atoms with Gasteiger partial charge in [0.25, 0.3) is 0 Å². The van der Waals surface area contributed by atoms with Gasteiger partial charge in [-0.2, -0.15) is 5.10 Å². The third kappa shape index (κ3) is 4.53. The first-order chi connectivity index (χ1) is 13.1. The minimum atomic E-state index is -0.899. The quantitative estimate of drug-likeness (QED) is 0.811. The van der Waals surface area contributed by atoms with E-state index in [0.717, 1.165) is 22.6 Å². The molecular formula is C21H22N2O4. The second-order valence-corrected chi connectivity index (χ2v) is 6.39. The first-order valence-corrected chi connectivity index (χ1v) is 8.89. The summed E-state index contributed by atoms with van der Waals surface area (Å²) in [6.07, 6.45) is 1.03. The van der Waals surface area contributed by atoms with E-state index in [0.29, 0.717) is 12.8 Å². The monoisotopic (exact) mass is 366 g/mol. The molecule has 0 fully saturated rings. The minimum Gasteiger partial charge on any atom is -0.497 e. The predicted molar refractivity (Wildman–Crippen MR) is 102 cm³/mol. The van der Waals surface area contributed by atoms with Crippen LogP contribution < -0.4 is 4.74 Å². The molecule has 1 N–H and O–H groups in total. The van der Waals surface area contributed by atoms with Gasteiger partial charge < -0.3 is 9.84 Å². The molecule has 0 unspecified atom stereocenters. The van der Waals surface area contributed by atoms with Gasteiger partial charge in [-0.15, -0.1) is 0 Å². The lowest BCUT2D eigenvalue weighted by Gasteiger charge is -2.22. The molecule has 2 aromatic carbocycles. The summed E-state index contributed by atoms with van der Waals surface area (Å²) >= 11 is 0. The standard InChI is InChI=1S/C21H22N2O4/c1-27-17-10-5-9-16(13-17)18-14-19(15-7-3-2-4-8-15)23(22-18)20(24)11-6-12-21(25)26/h2-5,7-10,13,19H,6,11-12,14H2,1H3,(H,25,26)/t19-/m0/s1. The molecule has 1 aliphatic heterocycles. The molecule has 140 valence electrons. The SMILES string of the molecule is COc1cccc(C2=NN(C(=O)CCCC(=O)O)[C@H](c3ccccc3)C2)c1. The molecule has 6 nitrogen and oxygen atoms in total. The van der Waals surface area contributed by atoms with Crippen molar-refractivity contribution in [3.8, 4) is 5.75 Å². The van der Waals surface area contributed by atoms with Crippen LogP contribution in [0.3, 0.4) is 0 Å². The molecule has 0 saturated carbocycles. The Morgan fingerprint density at radius 1 is 1.15 bits per heavy atom. The van der Waals surface area contributed by atoms with E-state index >= 15 is 0 Å². The highest BCUT2D eigenvalue weighted by atomic mass is 16.5. The molecule has 0 radical (unpaired) electrons. The smallest absolute Gasteiger partial charge is 0.303 e. The summed E-state index contributed by atoms with van der Waals surface area (Å²) in [5.41, 5.74) is 2.73. The van der Waals surface area contributed by atoms with Crippen LogP contribution in [0.2, 0.25) is 0 Å². The zero-order valence-electron chi connectivity index (χ0n) is 15.2. The minimum absolute atomic E-state index is 0.0258. The molecule has 1 amide bonds. The van der Waals surface area contributed by atoms with Gasteiger partial charge >= 0.3 is 5.97 Å². The number of carbonyl (C=O) groups is 2. The van der Waals surface area contributed by atoms with E-state index in [1.54, 1.807) is 7.11 Å². The van der Waals surface area contributed by atoms with Gasteiger partial charge in [-0.3, -0.25) is 9.59 Å². The molecule has 6 heteroatoms. The number of hydrazone groups is 1. The normalized spacial score (nSPS) is 16.1. The predicted octanol–water partition coefficient (Wildman–Crippen LogP) is 3.63. The van der Waals surface area contributed by atoms with Crippen molar-refractivity contribution in [3.63, 3.8) is 0 Å². The number of methoxy groups -OCH3 is 1. The number of nitrogens with zero attached hydrogens (tertiary/aromatic N) is 2. The van der Waals surface area contributed by atoms with Crippen LogP contribution in [0, 0.1) is 0 Å². The highest BCUT2D eigenvalue weighted by Gasteiger charge is 2.32. The van der Waals surface area contributed by atoms with Crippen molar-refractivity contribution in [1.29, 1.82) is 0 Å². The van der Waals surface area contributed by atoms with Crippen molar-refractivity contribution in [3.05, 3.63) is 65.7 Å². The number of carboxylic acids is 1. The van der Waals surface area contributed by atoms with Crippen LogP contribution in [0.5, 0.6) is 5.75 Å². The second kappa shape index (κ2) is 8.49. The number of hydrogen-bond acceptors (Lipinski definition) is 4. The zero-order chi connectivity index (χ0) is 19.2. The van der Waals surface area contributed by atoms with Crippen molar-refractivity contribution < 1.29 is 19.4 Å². The molecule has 0 saturated heterocycles. The van der Waals surface area contributed by atoms with Gasteiger partial charge in [0.1, 0.15) is 5.75 Å². The zero-order valence-corrected chi connectivity index (χ0v) is 15.2. The molecule has 0 spiro atoms. The number of aliphatic carboxylic acids is 1. The maximum absolute atomic E-state index is 12.7. The molecule has 0 aliphatic carbocycles. The highest BCUT2D eigenvalue weighted by molar-refractivity contribution is 6.03.